The Kier molecular flexibility index (Phi) is 4.12. The summed E-state index contributed by atoms with van der Waals surface area (Å²) in [4.78, 5) is 0. The van der Waals surface area contributed by atoms with Gasteiger partial charge in [-0.3, -0.25) is 0 Å². The molecule has 128 valence electrons. The molecular weight excluding hydrogens is 302 g/mol. The molecule has 0 bridgehead atoms. The highest BCUT2D eigenvalue weighted by molar-refractivity contribution is 5.83. The minimum absolute atomic E-state index is 0.169. The van der Waals surface area contributed by atoms with Gasteiger partial charge in [-0.15, -0.1) is 0 Å². The molecule has 2 aromatic carbocycles. The molecule has 0 N–H and O–H groups in total. The molecule has 1 aliphatic rings. The zero-order valence-corrected chi connectivity index (χ0v) is 16.0. The Labute approximate surface area is 152 Å². The van der Waals surface area contributed by atoms with E-state index in [9.17, 15) is 5.26 Å². The van der Waals surface area contributed by atoms with Crippen molar-refractivity contribution in [2.24, 2.45) is 0 Å². The standard InChI is InChI=1S/C24H27N/c1-16-13-21-22(24(5,6)12-11-23(21,3)4)14-20(16)17(2)19-10-8-7-9-18(19)15-25/h7-10,13-14H,2,11-12H2,1,3-6H3. The minimum atomic E-state index is 0.169. The second-order valence-corrected chi connectivity index (χ2v) is 8.62. The van der Waals surface area contributed by atoms with Crippen LogP contribution in [0.25, 0.3) is 5.57 Å². The highest BCUT2D eigenvalue weighted by atomic mass is 14.4. The van der Waals surface area contributed by atoms with Gasteiger partial charge in [0.25, 0.3) is 0 Å². The van der Waals surface area contributed by atoms with Gasteiger partial charge in [0, 0.05) is 0 Å². The summed E-state index contributed by atoms with van der Waals surface area (Å²) in [5.41, 5.74) is 8.23. The van der Waals surface area contributed by atoms with Crippen molar-refractivity contribution in [3.05, 3.63) is 76.4 Å². The number of hydrogen-bond acceptors (Lipinski definition) is 1. The molecule has 0 aromatic heterocycles. The predicted molar refractivity (Wildman–Crippen MR) is 106 cm³/mol. The van der Waals surface area contributed by atoms with E-state index in [2.05, 4.69) is 59.4 Å². The monoisotopic (exact) mass is 329 g/mol. The van der Waals surface area contributed by atoms with Gasteiger partial charge in [-0.05, 0) is 70.1 Å². The zero-order valence-electron chi connectivity index (χ0n) is 16.0. The number of benzene rings is 2. The molecule has 0 fully saturated rings. The summed E-state index contributed by atoms with van der Waals surface area (Å²) in [5, 5.41) is 9.44. The number of nitrogens with zero attached hydrogens (tertiary/aromatic N) is 1. The molecule has 0 atom stereocenters. The molecule has 0 radical (unpaired) electrons. The summed E-state index contributed by atoms with van der Waals surface area (Å²) in [6, 6.07) is 14.7. The molecule has 0 unspecified atom stereocenters. The molecule has 1 nitrogen and oxygen atoms in total. The van der Waals surface area contributed by atoms with Gasteiger partial charge in [0.05, 0.1) is 11.6 Å². The van der Waals surface area contributed by atoms with Crippen molar-refractivity contribution < 1.29 is 0 Å². The van der Waals surface area contributed by atoms with Crippen LogP contribution in [-0.4, -0.2) is 0 Å². The van der Waals surface area contributed by atoms with E-state index >= 15 is 0 Å². The molecular formula is C24H27N. The van der Waals surface area contributed by atoms with Crippen molar-refractivity contribution >= 4 is 5.57 Å². The van der Waals surface area contributed by atoms with Crippen LogP contribution in [0.5, 0.6) is 0 Å². The highest BCUT2D eigenvalue weighted by Crippen LogP contribution is 2.47. The lowest BCUT2D eigenvalue weighted by Gasteiger charge is -2.42. The van der Waals surface area contributed by atoms with Crippen molar-refractivity contribution in [3.63, 3.8) is 0 Å². The first-order valence-corrected chi connectivity index (χ1v) is 9.02. The lowest BCUT2D eigenvalue weighted by atomic mass is 9.62. The summed E-state index contributed by atoms with van der Waals surface area (Å²) >= 11 is 0. The fourth-order valence-electron chi connectivity index (χ4n) is 4.04. The molecule has 0 saturated heterocycles. The third-order valence-corrected chi connectivity index (χ3v) is 5.90. The molecule has 1 heteroatoms. The largest absolute Gasteiger partial charge is 0.192 e. The van der Waals surface area contributed by atoms with Gasteiger partial charge in [-0.1, -0.05) is 64.6 Å². The van der Waals surface area contributed by atoms with E-state index < -0.39 is 0 Å². The Bertz CT molecular complexity index is 891. The van der Waals surface area contributed by atoms with Gasteiger partial charge >= 0.3 is 0 Å². The van der Waals surface area contributed by atoms with E-state index in [0.29, 0.717) is 5.56 Å². The summed E-state index contributed by atoms with van der Waals surface area (Å²) in [6.07, 6.45) is 2.40. The van der Waals surface area contributed by atoms with E-state index in [4.69, 9.17) is 0 Å². The maximum absolute atomic E-state index is 9.44. The first-order valence-electron chi connectivity index (χ1n) is 9.02. The molecule has 0 aliphatic heterocycles. The molecule has 3 rings (SSSR count). The van der Waals surface area contributed by atoms with Crippen LogP contribution in [0.3, 0.4) is 0 Å². The van der Waals surface area contributed by atoms with Crippen LogP contribution < -0.4 is 0 Å². The molecule has 2 aromatic rings. The van der Waals surface area contributed by atoms with E-state index in [0.717, 1.165) is 16.7 Å². The third kappa shape index (κ3) is 2.91. The molecule has 0 spiro atoms. The predicted octanol–water partition coefficient (Wildman–Crippen LogP) is 6.28. The highest BCUT2D eigenvalue weighted by Gasteiger charge is 2.37. The first-order chi connectivity index (χ1) is 11.7. The summed E-state index contributed by atoms with van der Waals surface area (Å²) in [7, 11) is 0. The van der Waals surface area contributed by atoms with Crippen LogP contribution in [-0.2, 0) is 10.8 Å². The number of fused-ring (bicyclic) bond motifs is 1. The normalized spacial score (nSPS) is 17.4. The number of aryl methyl sites for hydroxylation is 1. The summed E-state index contributed by atoms with van der Waals surface area (Å²) in [5.74, 6) is 0. The lowest BCUT2D eigenvalue weighted by molar-refractivity contribution is 0.331. The maximum atomic E-state index is 9.44. The van der Waals surface area contributed by atoms with Gasteiger partial charge in [-0.25, -0.2) is 0 Å². The maximum Gasteiger partial charge on any atom is 0.0998 e. The molecule has 1 aliphatic carbocycles. The Morgan fingerprint density at radius 3 is 2.12 bits per heavy atom. The Balaban J connectivity index is 2.20. The second-order valence-electron chi connectivity index (χ2n) is 8.62. The summed E-state index contributed by atoms with van der Waals surface area (Å²) in [6.45, 7) is 15.9. The average molecular weight is 329 g/mol. The van der Waals surface area contributed by atoms with Crippen LogP contribution in [0.4, 0.5) is 0 Å². The number of nitriles is 1. The minimum Gasteiger partial charge on any atom is -0.192 e. The van der Waals surface area contributed by atoms with E-state index in [-0.39, 0.29) is 10.8 Å². The Morgan fingerprint density at radius 2 is 1.52 bits per heavy atom. The molecule has 25 heavy (non-hydrogen) atoms. The van der Waals surface area contributed by atoms with Crippen LogP contribution >= 0.6 is 0 Å². The lowest BCUT2D eigenvalue weighted by Crippen LogP contribution is -2.34. The zero-order chi connectivity index (χ0) is 18.4. The third-order valence-electron chi connectivity index (χ3n) is 5.90. The van der Waals surface area contributed by atoms with Crippen molar-refractivity contribution in [2.45, 2.75) is 58.3 Å². The Morgan fingerprint density at radius 1 is 0.960 bits per heavy atom. The number of hydrogen-bond donors (Lipinski definition) is 0. The molecule has 0 amide bonds. The van der Waals surface area contributed by atoms with Gasteiger partial charge < -0.3 is 0 Å². The van der Waals surface area contributed by atoms with Crippen LogP contribution in [0.15, 0.2) is 43.0 Å². The smallest absolute Gasteiger partial charge is 0.0998 e. The summed E-state index contributed by atoms with van der Waals surface area (Å²) < 4.78 is 0. The quantitative estimate of drug-likeness (QED) is 0.636. The van der Waals surface area contributed by atoms with E-state index in [1.165, 1.54) is 29.5 Å². The van der Waals surface area contributed by atoms with Crippen molar-refractivity contribution in [3.8, 4) is 6.07 Å². The van der Waals surface area contributed by atoms with Crippen molar-refractivity contribution in [1.29, 1.82) is 5.26 Å². The van der Waals surface area contributed by atoms with Crippen molar-refractivity contribution in [1.82, 2.24) is 0 Å². The topological polar surface area (TPSA) is 23.8 Å². The fraction of sp³-hybridized carbons (Fsp3) is 0.375. The van der Waals surface area contributed by atoms with E-state index in [1.807, 2.05) is 24.3 Å². The van der Waals surface area contributed by atoms with E-state index in [1.54, 1.807) is 0 Å². The van der Waals surface area contributed by atoms with Crippen LogP contribution in [0.2, 0.25) is 0 Å². The van der Waals surface area contributed by atoms with Gasteiger partial charge in [0.2, 0.25) is 0 Å². The van der Waals surface area contributed by atoms with Crippen LogP contribution in [0, 0.1) is 18.3 Å². The molecule has 0 saturated carbocycles. The fourth-order valence-corrected chi connectivity index (χ4v) is 4.04. The SMILES string of the molecule is C=C(c1cc2c(cc1C)C(C)(C)CCC2(C)C)c1ccccc1C#N. The molecule has 0 heterocycles. The van der Waals surface area contributed by atoms with Gasteiger partial charge in [-0.2, -0.15) is 5.26 Å². The second kappa shape index (κ2) is 5.88. The van der Waals surface area contributed by atoms with Crippen LogP contribution in [0.1, 0.15) is 73.9 Å². The average Bonchev–Trinajstić information content (AvgIpc) is 2.58. The van der Waals surface area contributed by atoms with Gasteiger partial charge in [0.15, 0.2) is 0 Å². The van der Waals surface area contributed by atoms with Gasteiger partial charge in [0.1, 0.15) is 0 Å². The Hall–Kier alpha value is -2.33. The number of rotatable bonds is 2. The van der Waals surface area contributed by atoms with Crippen molar-refractivity contribution in [2.75, 3.05) is 0 Å². The first kappa shape index (κ1) is 17.5.